The molecule has 0 aromatic carbocycles. The SMILES string of the molecule is CCCCCCOP(=O)([O-])C(Cl)(Cl)P(=O)([O-])[O-].[Na+].[Na+].[Na+]. The van der Waals surface area contributed by atoms with Crippen LogP contribution in [0.2, 0.25) is 0 Å². The molecule has 104 valence electrons. The Labute approximate surface area is 195 Å². The molecule has 0 saturated heterocycles. The summed E-state index contributed by atoms with van der Waals surface area (Å²) in [6.45, 7) is 1.72. The Morgan fingerprint density at radius 3 is 1.80 bits per heavy atom. The Morgan fingerprint density at radius 2 is 1.45 bits per heavy atom. The first kappa shape index (κ1) is 31.6. The summed E-state index contributed by atoms with van der Waals surface area (Å²) in [5.41, 5.74) is 0. The summed E-state index contributed by atoms with van der Waals surface area (Å²) < 4.78 is 22.8. The molecule has 6 nitrogen and oxygen atoms in total. The summed E-state index contributed by atoms with van der Waals surface area (Å²) in [5.74, 6) is 0. The summed E-state index contributed by atoms with van der Waals surface area (Å²) in [6.07, 6.45) is 2.97. The second-order valence-corrected chi connectivity index (χ2v) is 9.72. The number of halogens is 2. The Morgan fingerprint density at radius 1 is 1.00 bits per heavy atom. The minimum absolute atomic E-state index is 0. The van der Waals surface area contributed by atoms with Crippen molar-refractivity contribution >= 4 is 38.4 Å². The quantitative estimate of drug-likeness (QED) is 0.175. The van der Waals surface area contributed by atoms with Crippen LogP contribution in [0.1, 0.15) is 32.6 Å². The summed E-state index contributed by atoms with van der Waals surface area (Å²) in [5, 5.41) is 0. The molecule has 0 radical (unpaired) electrons. The van der Waals surface area contributed by atoms with E-state index in [0.29, 0.717) is 6.42 Å². The van der Waals surface area contributed by atoms with Crippen molar-refractivity contribution < 1.29 is 117 Å². The van der Waals surface area contributed by atoms with Gasteiger partial charge in [-0.05, 0) is 14.0 Å². The van der Waals surface area contributed by atoms with Gasteiger partial charge >= 0.3 is 88.7 Å². The third kappa shape index (κ3) is 10.7. The standard InChI is InChI=1S/C7H16Cl2O6P2.3Na/c1-2-3-4-5-6-15-17(13,14)7(8,9)16(10,11)12;;;/h2-6H2,1H3,(H,13,14)(H2,10,11,12);;;/q;3*+1/p-3. The van der Waals surface area contributed by atoms with E-state index in [1.807, 2.05) is 6.92 Å². The Bertz CT molecular complexity index is 341. The second kappa shape index (κ2) is 14.1. The zero-order valence-corrected chi connectivity index (χ0v) is 21.4. The fourth-order valence-electron chi connectivity index (χ4n) is 0.941. The molecular formula is C7H13Cl2Na3O6P2. The van der Waals surface area contributed by atoms with E-state index in [1.165, 1.54) is 0 Å². The molecule has 0 aromatic heterocycles. The molecule has 0 saturated carbocycles. The Balaban J connectivity index is -0.000000427. The van der Waals surface area contributed by atoms with Crippen LogP contribution in [0.4, 0.5) is 0 Å². The molecule has 1 unspecified atom stereocenters. The molecule has 1 atom stereocenters. The monoisotopic (exact) mass is 394 g/mol. The van der Waals surface area contributed by atoms with Gasteiger partial charge < -0.3 is 28.3 Å². The average molecular weight is 395 g/mol. The summed E-state index contributed by atoms with van der Waals surface area (Å²) in [4.78, 5) is 32.5. The van der Waals surface area contributed by atoms with Gasteiger partial charge in [0.15, 0.2) is 7.60 Å². The van der Waals surface area contributed by atoms with Crippen molar-refractivity contribution in [2.45, 2.75) is 36.4 Å². The number of rotatable bonds is 8. The molecular weight excluding hydrogens is 382 g/mol. The largest absolute Gasteiger partial charge is 1.00 e. The predicted molar refractivity (Wildman–Crippen MR) is 59.7 cm³/mol. The van der Waals surface area contributed by atoms with Gasteiger partial charge in [-0.15, -0.1) is 0 Å². The Kier molecular flexibility index (Phi) is 22.3. The molecule has 0 aliphatic rings. The molecule has 0 fully saturated rings. The smallest absolute Gasteiger partial charge is 0.808 e. The minimum atomic E-state index is -5.72. The Hall–Kier alpha value is 3.88. The van der Waals surface area contributed by atoms with Gasteiger partial charge in [-0.3, -0.25) is 0 Å². The van der Waals surface area contributed by atoms with Gasteiger partial charge in [-0.2, -0.15) is 0 Å². The van der Waals surface area contributed by atoms with E-state index in [0.717, 1.165) is 19.3 Å². The fourth-order valence-corrected chi connectivity index (χ4v) is 3.13. The van der Waals surface area contributed by atoms with Crippen LogP contribution >= 0.6 is 38.4 Å². The molecule has 0 heterocycles. The summed E-state index contributed by atoms with van der Waals surface area (Å²) in [6, 6.07) is 0. The summed E-state index contributed by atoms with van der Waals surface area (Å²) >= 11 is 10.0. The average Bonchev–Trinajstić information content (AvgIpc) is 2.15. The molecule has 0 aromatic rings. The number of unbranched alkanes of at least 4 members (excludes halogenated alkanes) is 3. The third-order valence-corrected chi connectivity index (χ3v) is 7.71. The minimum Gasteiger partial charge on any atom is -0.808 e. The number of hydrogen-bond donors (Lipinski definition) is 0. The fraction of sp³-hybridized carbons (Fsp3) is 1.00. The third-order valence-electron chi connectivity index (χ3n) is 1.92. The van der Waals surface area contributed by atoms with Gasteiger partial charge in [0, 0.05) is 0 Å². The van der Waals surface area contributed by atoms with Crippen molar-refractivity contribution in [3.63, 3.8) is 0 Å². The first-order valence-corrected chi connectivity index (χ1v) is 8.76. The van der Waals surface area contributed by atoms with Crippen molar-refractivity contribution in [3.05, 3.63) is 0 Å². The van der Waals surface area contributed by atoms with Crippen molar-refractivity contribution in [2.75, 3.05) is 6.61 Å². The van der Waals surface area contributed by atoms with Crippen LogP contribution in [-0.4, -0.2) is 10.4 Å². The van der Waals surface area contributed by atoms with E-state index in [2.05, 4.69) is 4.52 Å². The van der Waals surface area contributed by atoms with Gasteiger partial charge in [0.2, 0.25) is 3.82 Å². The molecule has 0 rings (SSSR count). The van der Waals surface area contributed by atoms with E-state index in [1.54, 1.807) is 0 Å². The normalized spacial score (nSPS) is 14.3. The van der Waals surface area contributed by atoms with Crippen LogP contribution in [0.5, 0.6) is 0 Å². The van der Waals surface area contributed by atoms with Crippen LogP contribution in [0.15, 0.2) is 0 Å². The first-order chi connectivity index (χ1) is 7.56. The van der Waals surface area contributed by atoms with Crippen LogP contribution in [0.3, 0.4) is 0 Å². The van der Waals surface area contributed by atoms with Crippen molar-refractivity contribution in [1.29, 1.82) is 0 Å². The molecule has 0 bridgehead atoms. The van der Waals surface area contributed by atoms with Crippen LogP contribution in [0.25, 0.3) is 0 Å². The molecule has 0 aliphatic heterocycles. The molecule has 0 N–H and O–H groups in total. The second-order valence-electron chi connectivity index (χ2n) is 3.40. The van der Waals surface area contributed by atoms with Crippen LogP contribution in [-0.2, 0) is 13.7 Å². The number of hydrogen-bond acceptors (Lipinski definition) is 6. The van der Waals surface area contributed by atoms with Gasteiger partial charge in [-0.1, -0.05) is 49.4 Å². The molecule has 13 heteroatoms. The van der Waals surface area contributed by atoms with Gasteiger partial charge in [0.1, 0.15) is 0 Å². The molecule has 20 heavy (non-hydrogen) atoms. The van der Waals surface area contributed by atoms with E-state index in [-0.39, 0.29) is 95.3 Å². The zero-order chi connectivity index (χ0) is 13.7. The maximum atomic E-state index is 11.3. The molecule has 0 spiro atoms. The van der Waals surface area contributed by atoms with E-state index < -0.39 is 19.0 Å². The van der Waals surface area contributed by atoms with Crippen LogP contribution in [0, 0.1) is 0 Å². The van der Waals surface area contributed by atoms with Crippen LogP contribution < -0.4 is 103 Å². The van der Waals surface area contributed by atoms with E-state index >= 15 is 0 Å². The maximum Gasteiger partial charge on any atom is 1.00 e. The predicted octanol–water partition coefficient (Wildman–Crippen LogP) is -7.85. The zero-order valence-electron chi connectivity index (χ0n) is 12.1. The van der Waals surface area contributed by atoms with Gasteiger partial charge in [0.05, 0.1) is 6.61 Å². The van der Waals surface area contributed by atoms with Crippen molar-refractivity contribution in [3.8, 4) is 0 Å². The number of alkyl halides is 2. The molecule has 0 amide bonds. The van der Waals surface area contributed by atoms with Gasteiger partial charge in [0.25, 0.3) is 0 Å². The van der Waals surface area contributed by atoms with E-state index in [4.69, 9.17) is 23.2 Å². The van der Waals surface area contributed by atoms with Crippen molar-refractivity contribution in [1.82, 2.24) is 0 Å². The maximum absolute atomic E-state index is 11.3. The molecule has 0 aliphatic carbocycles. The van der Waals surface area contributed by atoms with E-state index in [9.17, 15) is 23.8 Å². The van der Waals surface area contributed by atoms with Gasteiger partial charge in [-0.25, -0.2) is 0 Å². The topological polar surface area (TPSA) is 113 Å². The summed E-state index contributed by atoms with van der Waals surface area (Å²) in [7, 11) is -10.9. The van der Waals surface area contributed by atoms with Crippen molar-refractivity contribution in [2.24, 2.45) is 0 Å². The first-order valence-electron chi connectivity index (χ1n) is 4.92.